The van der Waals surface area contributed by atoms with Crippen LogP contribution in [0, 0.1) is 0 Å². The number of H-pyrrole nitrogens is 1. The first-order valence-electron chi connectivity index (χ1n) is 13.3. The molecule has 6 rings (SSSR count). The number of benzene rings is 2. The third-order valence-corrected chi connectivity index (χ3v) is 7.43. The minimum atomic E-state index is 0.00647. The molecule has 37 heavy (non-hydrogen) atoms. The Morgan fingerprint density at radius 3 is 2.49 bits per heavy atom. The Balaban J connectivity index is 0.00000137. The molecule has 2 aromatic carbocycles. The van der Waals surface area contributed by atoms with E-state index < -0.39 is 0 Å². The summed E-state index contributed by atoms with van der Waals surface area (Å²) < 4.78 is 4.17. The Kier molecular flexibility index (Phi) is 7.77. The lowest BCUT2D eigenvalue weighted by atomic mass is 10.0. The first-order chi connectivity index (χ1) is 18.2. The molecule has 1 aliphatic rings. The number of likely N-dealkylation sites (tertiary alicyclic amines) is 1. The predicted octanol–water partition coefficient (Wildman–Crippen LogP) is 6.59. The van der Waals surface area contributed by atoms with Gasteiger partial charge in [-0.3, -0.25) is 4.57 Å². The summed E-state index contributed by atoms with van der Waals surface area (Å²) in [4.78, 5) is 23.0. The summed E-state index contributed by atoms with van der Waals surface area (Å²) in [6.45, 7) is 7.05. The number of rotatable bonds is 6. The summed E-state index contributed by atoms with van der Waals surface area (Å²) in [6.07, 6.45) is 6.09. The predicted molar refractivity (Wildman–Crippen MR) is 153 cm³/mol. The topological polar surface area (TPSA) is 58.3 Å². The summed E-state index contributed by atoms with van der Waals surface area (Å²) in [5, 5.41) is 0.734. The number of fused-ring (bicyclic) bond motifs is 2. The number of hydrogen-bond acceptors (Lipinski definition) is 3. The normalized spacial score (nSPS) is 14.7. The fraction of sp³-hybridized carbons (Fsp3) is 0.333. The molecule has 0 saturated carbocycles. The van der Waals surface area contributed by atoms with Gasteiger partial charge in [-0.2, -0.15) is 0 Å². The highest BCUT2D eigenvalue weighted by molar-refractivity contribution is 6.30. The molecule has 0 atom stereocenters. The fourth-order valence-corrected chi connectivity index (χ4v) is 5.56. The Morgan fingerprint density at radius 2 is 1.70 bits per heavy atom. The lowest BCUT2D eigenvalue weighted by Gasteiger charge is -2.32. The van der Waals surface area contributed by atoms with E-state index in [9.17, 15) is 4.79 Å². The Hall–Kier alpha value is -3.35. The van der Waals surface area contributed by atoms with Gasteiger partial charge in [0.05, 0.1) is 22.4 Å². The van der Waals surface area contributed by atoms with E-state index in [1.165, 1.54) is 5.69 Å². The Labute approximate surface area is 222 Å². The molecule has 1 N–H and O–H groups in total. The van der Waals surface area contributed by atoms with Crippen LogP contribution in [0.4, 0.5) is 0 Å². The highest BCUT2D eigenvalue weighted by Crippen LogP contribution is 2.28. The van der Waals surface area contributed by atoms with Gasteiger partial charge in [0.15, 0.2) is 0 Å². The van der Waals surface area contributed by atoms with Crippen molar-refractivity contribution >= 4 is 28.3 Å². The largest absolute Gasteiger partial charge is 0.326 e. The average molecular weight is 516 g/mol. The van der Waals surface area contributed by atoms with Crippen molar-refractivity contribution in [3.05, 3.63) is 94.1 Å². The second-order valence-corrected chi connectivity index (χ2v) is 9.77. The van der Waals surface area contributed by atoms with Crippen molar-refractivity contribution in [2.24, 2.45) is 0 Å². The molecule has 0 aliphatic carbocycles. The van der Waals surface area contributed by atoms with E-state index in [1.54, 1.807) is 0 Å². The molecular formula is C30H34ClN5O. The maximum absolute atomic E-state index is 12.6. The maximum atomic E-state index is 12.6. The Bertz CT molecular complexity index is 1520. The van der Waals surface area contributed by atoms with Crippen LogP contribution >= 0.6 is 11.6 Å². The van der Waals surface area contributed by atoms with Crippen LogP contribution in [0.15, 0.2) is 77.7 Å². The molecule has 0 amide bonds. The van der Waals surface area contributed by atoms with E-state index in [-0.39, 0.29) is 11.7 Å². The molecule has 7 heteroatoms. The van der Waals surface area contributed by atoms with Crippen molar-refractivity contribution in [3.63, 3.8) is 0 Å². The highest BCUT2D eigenvalue weighted by Gasteiger charge is 2.23. The van der Waals surface area contributed by atoms with Gasteiger partial charge < -0.3 is 14.3 Å². The maximum Gasteiger partial charge on any atom is 0.326 e. The van der Waals surface area contributed by atoms with Gasteiger partial charge >= 0.3 is 5.69 Å². The van der Waals surface area contributed by atoms with Crippen LogP contribution in [-0.4, -0.2) is 43.5 Å². The van der Waals surface area contributed by atoms with Crippen molar-refractivity contribution in [2.45, 2.75) is 45.6 Å². The highest BCUT2D eigenvalue weighted by atomic mass is 35.5. The molecule has 1 aliphatic heterocycles. The van der Waals surface area contributed by atoms with Crippen LogP contribution in [-0.2, 0) is 6.42 Å². The molecule has 0 radical (unpaired) electrons. The molecule has 0 spiro atoms. The minimum Gasteiger partial charge on any atom is -0.306 e. The average Bonchev–Trinajstić information content (AvgIpc) is 3.48. The molecule has 4 heterocycles. The van der Waals surface area contributed by atoms with Crippen LogP contribution in [0.25, 0.3) is 27.9 Å². The summed E-state index contributed by atoms with van der Waals surface area (Å²) in [5.74, 6) is 0. The van der Waals surface area contributed by atoms with E-state index in [4.69, 9.17) is 16.6 Å². The lowest BCUT2D eigenvalue weighted by Crippen LogP contribution is -2.37. The fourth-order valence-electron chi connectivity index (χ4n) is 5.43. The van der Waals surface area contributed by atoms with Gasteiger partial charge in [-0.15, -0.1) is 0 Å². The van der Waals surface area contributed by atoms with Crippen molar-refractivity contribution < 1.29 is 0 Å². The molecule has 0 bridgehead atoms. The van der Waals surface area contributed by atoms with Gasteiger partial charge in [0.1, 0.15) is 5.65 Å². The van der Waals surface area contributed by atoms with E-state index in [0.29, 0.717) is 0 Å². The molecular weight excluding hydrogens is 482 g/mol. The Morgan fingerprint density at radius 1 is 0.973 bits per heavy atom. The summed E-state index contributed by atoms with van der Waals surface area (Å²) in [6, 6.07) is 22.3. The van der Waals surface area contributed by atoms with Gasteiger partial charge in [-0.1, -0.05) is 55.8 Å². The second kappa shape index (κ2) is 11.4. The third kappa shape index (κ3) is 5.22. The van der Waals surface area contributed by atoms with Gasteiger partial charge in [0, 0.05) is 35.9 Å². The van der Waals surface area contributed by atoms with Crippen molar-refractivity contribution in [1.82, 2.24) is 23.8 Å². The minimum absolute atomic E-state index is 0.00647. The van der Waals surface area contributed by atoms with Crippen LogP contribution in [0.2, 0.25) is 5.02 Å². The first kappa shape index (κ1) is 25.3. The number of aryl methyl sites for hydroxylation is 1. The third-order valence-electron chi connectivity index (χ3n) is 7.18. The molecule has 5 aromatic rings. The smallest absolute Gasteiger partial charge is 0.306 e. The van der Waals surface area contributed by atoms with E-state index in [0.717, 1.165) is 78.3 Å². The lowest BCUT2D eigenvalue weighted by molar-refractivity contribution is 0.185. The number of hydrogen-bond donors (Lipinski definition) is 1. The number of nitrogens with zero attached hydrogens (tertiary/aromatic N) is 4. The number of pyridine rings is 1. The van der Waals surface area contributed by atoms with E-state index >= 15 is 0 Å². The zero-order chi connectivity index (χ0) is 25.8. The van der Waals surface area contributed by atoms with Crippen molar-refractivity contribution in [2.75, 3.05) is 19.6 Å². The first-order valence-corrected chi connectivity index (χ1v) is 13.7. The van der Waals surface area contributed by atoms with Crippen LogP contribution in [0.3, 0.4) is 0 Å². The van der Waals surface area contributed by atoms with E-state index in [2.05, 4.69) is 32.6 Å². The van der Waals surface area contributed by atoms with Gasteiger partial charge in [-0.25, -0.2) is 9.78 Å². The monoisotopic (exact) mass is 515 g/mol. The van der Waals surface area contributed by atoms with Gasteiger partial charge in [-0.05, 0) is 68.6 Å². The van der Waals surface area contributed by atoms with Crippen LogP contribution < -0.4 is 5.69 Å². The SMILES string of the molecule is CC.O=c1[nH]c2ccccc2n1C1CCN(CCCc2c(-c3ccc(Cl)cc3)nc3ccccn23)CC1. The van der Waals surface area contributed by atoms with Crippen LogP contribution in [0.1, 0.15) is 44.8 Å². The number of nitrogens with one attached hydrogen (secondary N) is 1. The number of aromatic amines is 1. The van der Waals surface area contributed by atoms with Crippen molar-refractivity contribution in [3.8, 4) is 11.3 Å². The number of piperidine rings is 1. The molecule has 192 valence electrons. The second-order valence-electron chi connectivity index (χ2n) is 9.34. The number of halogens is 1. The van der Waals surface area contributed by atoms with Crippen molar-refractivity contribution in [1.29, 1.82) is 0 Å². The molecule has 0 unspecified atom stereocenters. The number of para-hydroxylation sites is 2. The number of imidazole rings is 2. The van der Waals surface area contributed by atoms with Crippen LogP contribution in [0.5, 0.6) is 0 Å². The quantitative estimate of drug-likeness (QED) is 0.277. The molecule has 6 nitrogen and oxygen atoms in total. The summed E-state index contributed by atoms with van der Waals surface area (Å²) in [7, 11) is 0. The van der Waals surface area contributed by atoms with Gasteiger partial charge in [0.2, 0.25) is 0 Å². The standard InChI is InChI=1S/C28H28ClN5O.C2H6/c29-21-12-10-20(11-13-21)27-25(33-17-4-3-9-26(33)31-27)8-5-16-32-18-14-22(15-19-32)34-24-7-2-1-6-23(24)30-28(34)35;1-2/h1-4,6-7,9-13,17,22H,5,8,14-16,18-19H2,(H,30,35);1-2H3. The molecule has 1 saturated heterocycles. The summed E-state index contributed by atoms with van der Waals surface area (Å²) >= 11 is 6.12. The van der Waals surface area contributed by atoms with E-state index in [1.807, 2.05) is 73.0 Å². The molecule has 1 fully saturated rings. The number of aromatic nitrogens is 4. The molecule has 3 aromatic heterocycles. The summed E-state index contributed by atoms with van der Waals surface area (Å²) in [5.41, 5.74) is 6.28. The van der Waals surface area contributed by atoms with Gasteiger partial charge in [0.25, 0.3) is 0 Å². The zero-order valence-corrected chi connectivity index (χ0v) is 22.3. The zero-order valence-electron chi connectivity index (χ0n) is 21.5.